The number of aryl methyl sites for hydroxylation is 2. The number of nitrogens with zero attached hydrogens (tertiary/aromatic N) is 1. The maximum absolute atomic E-state index is 14.4. The van der Waals surface area contributed by atoms with Crippen molar-refractivity contribution in [2.45, 2.75) is 136 Å². The molecule has 2 saturated carbocycles. The molecule has 2 aliphatic rings. The van der Waals surface area contributed by atoms with E-state index in [0.717, 1.165) is 61.6 Å². The first-order chi connectivity index (χ1) is 17.9. The highest BCUT2D eigenvalue weighted by atomic mass is 16.6. The van der Waals surface area contributed by atoms with E-state index in [-0.39, 0.29) is 29.8 Å². The number of alkyl carbamates (subject to hydrolysis) is 1. The van der Waals surface area contributed by atoms with Crippen molar-refractivity contribution in [2.75, 3.05) is 0 Å². The summed E-state index contributed by atoms with van der Waals surface area (Å²) in [5.41, 5.74) is 2.37. The molecule has 0 aromatic heterocycles. The predicted octanol–water partition coefficient (Wildman–Crippen LogP) is 6.11. The molecular formula is C31H49N3O4. The summed E-state index contributed by atoms with van der Waals surface area (Å²) < 4.78 is 5.52. The number of rotatable bonds is 9. The molecule has 0 radical (unpaired) electrons. The minimum Gasteiger partial charge on any atom is -0.444 e. The molecule has 0 saturated heterocycles. The lowest BCUT2D eigenvalue weighted by molar-refractivity contribution is -0.148. The van der Waals surface area contributed by atoms with Crippen LogP contribution in [0.5, 0.6) is 0 Å². The van der Waals surface area contributed by atoms with Gasteiger partial charge in [0, 0.05) is 12.1 Å². The molecule has 0 aliphatic heterocycles. The number of hydrogen-bond acceptors (Lipinski definition) is 4. The second kappa shape index (κ2) is 13.0. The van der Waals surface area contributed by atoms with Crippen LogP contribution in [0.2, 0.25) is 0 Å². The van der Waals surface area contributed by atoms with Crippen molar-refractivity contribution in [1.29, 1.82) is 0 Å². The number of amides is 3. The number of carbonyl (C=O) groups is 3. The van der Waals surface area contributed by atoms with Gasteiger partial charge in [-0.3, -0.25) is 9.59 Å². The lowest BCUT2D eigenvalue weighted by Gasteiger charge is -2.44. The second-order valence-electron chi connectivity index (χ2n) is 12.4. The molecule has 38 heavy (non-hydrogen) atoms. The van der Waals surface area contributed by atoms with Crippen molar-refractivity contribution >= 4 is 17.9 Å². The molecule has 1 aromatic carbocycles. The highest BCUT2D eigenvalue weighted by Gasteiger charge is 2.43. The van der Waals surface area contributed by atoms with Crippen LogP contribution in [0.1, 0.15) is 115 Å². The summed E-state index contributed by atoms with van der Waals surface area (Å²) in [7, 11) is 0. The van der Waals surface area contributed by atoms with E-state index in [1.807, 2.05) is 39.0 Å². The van der Waals surface area contributed by atoms with E-state index in [4.69, 9.17) is 4.74 Å². The average molecular weight is 528 g/mol. The Morgan fingerprint density at radius 2 is 1.66 bits per heavy atom. The molecule has 0 bridgehead atoms. The van der Waals surface area contributed by atoms with Crippen molar-refractivity contribution < 1.29 is 19.1 Å². The number of ether oxygens (including phenoxy) is 1. The number of hydrogen-bond donors (Lipinski definition) is 2. The van der Waals surface area contributed by atoms with Crippen molar-refractivity contribution in [3.63, 3.8) is 0 Å². The third-order valence-corrected chi connectivity index (χ3v) is 8.20. The summed E-state index contributed by atoms with van der Waals surface area (Å²) in [6, 6.07) is 4.60. The summed E-state index contributed by atoms with van der Waals surface area (Å²) in [4.78, 5) is 43.1. The maximum Gasteiger partial charge on any atom is 0.408 e. The minimum atomic E-state index is -0.785. The summed E-state index contributed by atoms with van der Waals surface area (Å²) >= 11 is 0. The molecule has 1 aromatic rings. The molecule has 3 amide bonds. The van der Waals surface area contributed by atoms with Gasteiger partial charge in [0.05, 0.1) is 0 Å². The lowest BCUT2D eigenvalue weighted by Crippen LogP contribution is -2.59. The zero-order valence-corrected chi connectivity index (χ0v) is 24.6. The van der Waals surface area contributed by atoms with Gasteiger partial charge < -0.3 is 20.3 Å². The van der Waals surface area contributed by atoms with E-state index >= 15 is 0 Å². The Hall–Kier alpha value is -2.57. The van der Waals surface area contributed by atoms with Crippen LogP contribution in [0.15, 0.2) is 18.2 Å². The standard InChI is InChI=1S/C31H49N3O4/c1-8-20(2)26(33-30(37)38-31(5,6)7)29(36)34(25-15-12-16-25)27(23-18-17-21(3)22(4)19-23)28(35)32-24-13-10-9-11-14-24/h17-20,24-27H,8-16H2,1-7H3,(H,32,35)(H,33,37). The quantitative estimate of drug-likeness (QED) is 0.405. The fraction of sp³-hybridized carbons (Fsp3) is 0.710. The molecule has 0 heterocycles. The molecule has 7 heteroatoms. The Balaban J connectivity index is 2.00. The van der Waals surface area contributed by atoms with Crippen molar-refractivity contribution in [3.05, 3.63) is 34.9 Å². The molecule has 2 fully saturated rings. The van der Waals surface area contributed by atoms with Crippen molar-refractivity contribution in [3.8, 4) is 0 Å². The molecule has 2 N–H and O–H groups in total. The smallest absolute Gasteiger partial charge is 0.408 e. The van der Waals surface area contributed by atoms with E-state index in [1.54, 1.807) is 25.7 Å². The van der Waals surface area contributed by atoms with Gasteiger partial charge in [0.2, 0.25) is 11.8 Å². The van der Waals surface area contributed by atoms with Crippen LogP contribution in [0.25, 0.3) is 0 Å². The zero-order valence-electron chi connectivity index (χ0n) is 24.6. The third kappa shape index (κ3) is 7.73. The van der Waals surface area contributed by atoms with Crippen LogP contribution >= 0.6 is 0 Å². The first-order valence-electron chi connectivity index (χ1n) is 14.6. The van der Waals surface area contributed by atoms with Gasteiger partial charge in [-0.15, -0.1) is 0 Å². The Labute approximate surface area is 229 Å². The molecule has 3 rings (SSSR count). The summed E-state index contributed by atoms with van der Waals surface area (Å²) in [5, 5.41) is 6.17. The average Bonchev–Trinajstić information content (AvgIpc) is 2.81. The monoisotopic (exact) mass is 527 g/mol. The number of nitrogens with one attached hydrogen (secondary N) is 2. The van der Waals surface area contributed by atoms with E-state index < -0.39 is 23.8 Å². The number of carbonyl (C=O) groups excluding carboxylic acids is 3. The summed E-state index contributed by atoms with van der Waals surface area (Å²) in [6.45, 7) is 13.5. The Morgan fingerprint density at radius 3 is 2.18 bits per heavy atom. The van der Waals surface area contributed by atoms with Crippen LogP contribution in [-0.4, -0.2) is 46.5 Å². The summed E-state index contributed by atoms with van der Waals surface area (Å²) in [5.74, 6) is -0.461. The van der Waals surface area contributed by atoms with Gasteiger partial charge in [-0.25, -0.2) is 4.79 Å². The Kier molecular flexibility index (Phi) is 10.2. The molecule has 3 unspecified atom stereocenters. The highest BCUT2D eigenvalue weighted by Crippen LogP contribution is 2.35. The molecule has 7 nitrogen and oxygen atoms in total. The predicted molar refractivity (Wildman–Crippen MR) is 151 cm³/mol. The molecule has 2 aliphatic carbocycles. The van der Waals surface area contributed by atoms with E-state index in [0.29, 0.717) is 6.42 Å². The first-order valence-corrected chi connectivity index (χ1v) is 14.6. The van der Waals surface area contributed by atoms with Gasteiger partial charge in [0.1, 0.15) is 17.7 Å². The van der Waals surface area contributed by atoms with E-state index in [9.17, 15) is 14.4 Å². The van der Waals surface area contributed by atoms with Crippen LogP contribution in [0, 0.1) is 19.8 Å². The van der Waals surface area contributed by atoms with Gasteiger partial charge in [0.25, 0.3) is 0 Å². The van der Waals surface area contributed by atoms with Gasteiger partial charge in [-0.05, 0) is 89.3 Å². The Morgan fingerprint density at radius 1 is 1.00 bits per heavy atom. The lowest BCUT2D eigenvalue weighted by atomic mass is 9.86. The third-order valence-electron chi connectivity index (χ3n) is 8.20. The first kappa shape index (κ1) is 30.0. The second-order valence-corrected chi connectivity index (χ2v) is 12.4. The van der Waals surface area contributed by atoms with E-state index in [2.05, 4.69) is 17.6 Å². The SMILES string of the molecule is CCC(C)C(NC(=O)OC(C)(C)C)C(=O)N(C1CCC1)C(C(=O)NC1CCCCC1)c1ccc(C)c(C)c1. The molecular weight excluding hydrogens is 478 g/mol. The zero-order chi connectivity index (χ0) is 28.0. The largest absolute Gasteiger partial charge is 0.444 e. The molecule has 3 atom stereocenters. The fourth-order valence-corrected chi connectivity index (χ4v) is 5.36. The topological polar surface area (TPSA) is 87.7 Å². The minimum absolute atomic E-state index is 0.0433. The van der Waals surface area contributed by atoms with Gasteiger partial charge >= 0.3 is 6.09 Å². The number of benzene rings is 1. The summed E-state index contributed by atoms with van der Waals surface area (Å²) in [6.07, 6.45) is 8.18. The fourth-order valence-electron chi connectivity index (χ4n) is 5.36. The molecule has 0 spiro atoms. The van der Waals surface area contributed by atoms with Crippen molar-refractivity contribution in [1.82, 2.24) is 15.5 Å². The maximum atomic E-state index is 14.4. The van der Waals surface area contributed by atoms with Gasteiger partial charge in [0.15, 0.2) is 0 Å². The van der Waals surface area contributed by atoms with Gasteiger partial charge in [-0.2, -0.15) is 0 Å². The Bertz CT molecular complexity index is 976. The van der Waals surface area contributed by atoms with Crippen LogP contribution in [0.3, 0.4) is 0 Å². The molecule has 212 valence electrons. The highest BCUT2D eigenvalue weighted by molar-refractivity contribution is 5.92. The van der Waals surface area contributed by atoms with Crippen LogP contribution in [0.4, 0.5) is 4.79 Å². The van der Waals surface area contributed by atoms with Gasteiger partial charge in [-0.1, -0.05) is 57.7 Å². The van der Waals surface area contributed by atoms with Crippen molar-refractivity contribution in [2.24, 2.45) is 5.92 Å². The van der Waals surface area contributed by atoms with Crippen LogP contribution < -0.4 is 10.6 Å². The van der Waals surface area contributed by atoms with Crippen LogP contribution in [-0.2, 0) is 14.3 Å². The normalized spacial score (nSPS) is 19.0. The van der Waals surface area contributed by atoms with E-state index in [1.165, 1.54) is 6.42 Å².